The summed E-state index contributed by atoms with van der Waals surface area (Å²) in [5.41, 5.74) is 2.44. The first-order chi connectivity index (χ1) is 8.59. The van der Waals surface area contributed by atoms with Crippen molar-refractivity contribution in [1.82, 2.24) is 0 Å². The molecule has 0 N–H and O–H groups in total. The maximum absolute atomic E-state index is 13.6. The molecular formula is C15H15FOS. The van der Waals surface area contributed by atoms with Gasteiger partial charge in [0.25, 0.3) is 0 Å². The molecule has 0 saturated carbocycles. The summed E-state index contributed by atoms with van der Waals surface area (Å²) in [6.45, 7) is 1.92. The van der Waals surface area contributed by atoms with Crippen LogP contribution in [0.15, 0.2) is 48.5 Å². The second-order valence-corrected chi connectivity index (χ2v) is 5.95. The molecule has 94 valence electrons. The normalized spacial score (nSPS) is 14.2. The molecule has 0 radical (unpaired) electrons. The van der Waals surface area contributed by atoms with Gasteiger partial charge in [-0.25, -0.2) is 4.39 Å². The first-order valence-electron chi connectivity index (χ1n) is 5.76. The van der Waals surface area contributed by atoms with Crippen LogP contribution in [0.25, 0.3) is 11.1 Å². The minimum Gasteiger partial charge on any atom is -0.616 e. The van der Waals surface area contributed by atoms with Gasteiger partial charge >= 0.3 is 0 Å². The van der Waals surface area contributed by atoms with Crippen molar-refractivity contribution >= 4 is 11.2 Å². The monoisotopic (exact) mass is 262 g/mol. The van der Waals surface area contributed by atoms with Crippen molar-refractivity contribution in [2.75, 3.05) is 6.26 Å². The van der Waals surface area contributed by atoms with Gasteiger partial charge in [-0.3, -0.25) is 0 Å². The third-order valence-electron chi connectivity index (χ3n) is 3.06. The van der Waals surface area contributed by atoms with Crippen LogP contribution in [0.1, 0.15) is 17.7 Å². The lowest BCUT2D eigenvalue weighted by atomic mass is 10.0. The van der Waals surface area contributed by atoms with E-state index in [4.69, 9.17) is 0 Å². The molecule has 0 fully saturated rings. The quantitative estimate of drug-likeness (QED) is 0.768. The molecule has 2 rings (SSSR count). The predicted molar refractivity (Wildman–Crippen MR) is 74.3 cm³/mol. The first kappa shape index (κ1) is 13.1. The van der Waals surface area contributed by atoms with E-state index in [2.05, 4.69) is 0 Å². The van der Waals surface area contributed by atoms with Crippen LogP contribution in [-0.4, -0.2) is 10.8 Å². The predicted octanol–water partition coefficient (Wildman–Crippen LogP) is 3.93. The summed E-state index contributed by atoms with van der Waals surface area (Å²) in [5.74, 6) is -0.225. The van der Waals surface area contributed by atoms with E-state index in [1.807, 2.05) is 37.3 Å². The molecule has 0 heterocycles. The molecule has 0 saturated heterocycles. The second kappa shape index (κ2) is 5.55. The average molecular weight is 262 g/mol. The molecule has 0 amide bonds. The van der Waals surface area contributed by atoms with Crippen LogP contribution < -0.4 is 0 Å². The van der Waals surface area contributed by atoms with Crippen LogP contribution in [-0.2, 0) is 11.2 Å². The molecule has 2 atom stereocenters. The third-order valence-corrected chi connectivity index (χ3v) is 4.33. The van der Waals surface area contributed by atoms with Gasteiger partial charge in [0.2, 0.25) is 0 Å². The van der Waals surface area contributed by atoms with Gasteiger partial charge in [0.15, 0.2) is 0 Å². The minimum absolute atomic E-state index is 0.000305. The van der Waals surface area contributed by atoms with E-state index in [1.54, 1.807) is 18.4 Å². The Hall–Kier alpha value is -1.32. The summed E-state index contributed by atoms with van der Waals surface area (Å²) in [4.78, 5) is 0. The van der Waals surface area contributed by atoms with Gasteiger partial charge in [-0.2, -0.15) is 0 Å². The molecule has 3 heteroatoms. The molecule has 0 spiro atoms. The van der Waals surface area contributed by atoms with Crippen LogP contribution in [0.2, 0.25) is 0 Å². The summed E-state index contributed by atoms with van der Waals surface area (Å²) in [6.07, 6.45) is 1.69. The Labute approximate surface area is 110 Å². The Morgan fingerprint density at radius 1 is 1.06 bits per heavy atom. The number of hydrogen-bond acceptors (Lipinski definition) is 1. The SMILES string of the molecule is CC(c1ccc(-c2ccccc2F)cc1)[S+](C)[O-]. The van der Waals surface area contributed by atoms with Gasteiger partial charge < -0.3 is 4.55 Å². The largest absolute Gasteiger partial charge is 0.616 e. The van der Waals surface area contributed by atoms with E-state index in [-0.39, 0.29) is 11.1 Å². The van der Waals surface area contributed by atoms with E-state index < -0.39 is 11.2 Å². The van der Waals surface area contributed by atoms with Crippen molar-refractivity contribution < 1.29 is 8.94 Å². The lowest BCUT2D eigenvalue weighted by molar-refractivity contribution is 0.591. The molecule has 18 heavy (non-hydrogen) atoms. The zero-order valence-electron chi connectivity index (χ0n) is 10.4. The summed E-state index contributed by atoms with van der Waals surface area (Å²) >= 11 is -0.891. The first-order valence-corrected chi connectivity index (χ1v) is 7.39. The maximum atomic E-state index is 13.6. The smallest absolute Gasteiger partial charge is 0.137 e. The van der Waals surface area contributed by atoms with Gasteiger partial charge in [-0.1, -0.05) is 42.5 Å². The van der Waals surface area contributed by atoms with Crippen LogP contribution >= 0.6 is 0 Å². The van der Waals surface area contributed by atoms with Crippen molar-refractivity contribution in [2.24, 2.45) is 0 Å². The number of benzene rings is 2. The molecule has 1 nitrogen and oxygen atoms in total. The number of halogens is 1. The van der Waals surface area contributed by atoms with Crippen LogP contribution in [0.3, 0.4) is 0 Å². The zero-order valence-corrected chi connectivity index (χ0v) is 11.2. The Morgan fingerprint density at radius 3 is 2.22 bits per heavy atom. The van der Waals surface area contributed by atoms with Gasteiger partial charge in [-0.15, -0.1) is 0 Å². The number of rotatable bonds is 3. The third kappa shape index (κ3) is 2.74. The minimum atomic E-state index is -0.891. The highest BCUT2D eigenvalue weighted by atomic mass is 32.2. The lowest BCUT2D eigenvalue weighted by Gasteiger charge is -2.14. The molecule has 0 aliphatic rings. The lowest BCUT2D eigenvalue weighted by Crippen LogP contribution is -2.07. The summed E-state index contributed by atoms with van der Waals surface area (Å²) in [7, 11) is 0. The maximum Gasteiger partial charge on any atom is 0.137 e. The van der Waals surface area contributed by atoms with E-state index >= 15 is 0 Å². The highest BCUT2D eigenvalue weighted by Gasteiger charge is 2.14. The highest BCUT2D eigenvalue weighted by molar-refractivity contribution is 7.90. The number of hydrogen-bond donors (Lipinski definition) is 0. The van der Waals surface area contributed by atoms with Crippen molar-refractivity contribution in [2.45, 2.75) is 12.2 Å². The summed E-state index contributed by atoms with van der Waals surface area (Å²) in [6, 6.07) is 14.3. The second-order valence-electron chi connectivity index (χ2n) is 4.24. The molecule has 0 aromatic heterocycles. The van der Waals surface area contributed by atoms with Crippen LogP contribution in [0, 0.1) is 5.82 Å². The van der Waals surface area contributed by atoms with E-state index in [9.17, 15) is 8.94 Å². The van der Waals surface area contributed by atoms with Gasteiger partial charge in [-0.05, 0) is 29.7 Å². The highest BCUT2D eigenvalue weighted by Crippen LogP contribution is 2.26. The molecule has 0 bridgehead atoms. The fourth-order valence-electron chi connectivity index (χ4n) is 1.82. The fraction of sp³-hybridized carbons (Fsp3) is 0.200. The summed E-state index contributed by atoms with van der Waals surface area (Å²) < 4.78 is 25.0. The molecule has 0 aliphatic carbocycles. The molecular weight excluding hydrogens is 247 g/mol. The zero-order chi connectivity index (χ0) is 13.1. The standard InChI is InChI=1S/C15H15FOS/c1-11(18(2)17)12-7-9-13(10-8-12)14-5-3-4-6-15(14)16/h3-11H,1-2H3. The Kier molecular flexibility index (Phi) is 4.04. The van der Waals surface area contributed by atoms with E-state index in [1.165, 1.54) is 6.07 Å². The molecule has 2 aromatic rings. The van der Waals surface area contributed by atoms with Crippen molar-refractivity contribution in [1.29, 1.82) is 0 Å². The molecule has 2 aromatic carbocycles. The molecule has 0 aliphatic heterocycles. The van der Waals surface area contributed by atoms with E-state index in [0.29, 0.717) is 5.56 Å². The fourth-order valence-corrected chi connectivity index (χ4v) is 2.36. The van der Waals surface area contributed by atoms with Crippen molar-refractivity contribution in [3.8, 4) is 11.1 Å². The van der Waals surface area contributed by atoms with Gasteiger partial charge in [0.05, 0.1) is 6.26 Å². The van der Waals surface area contributed by atoms with Crippen molar-refractivity contribution in [3.05, 3.63) is 59.9 Å². The van der Waals surface area contributed by atoms with Crippen LogP contribution in [0.5, 0.6) is 0 Å². The van der Waals surface area contributed by atoms with E-state index in [0.717, 1.165) is 11.1 Å². The van der Waals surface area contributed by atoms with Gasteiger partial charge in [0.1, 0.15) is 11.1 Å². The Bertz CT molecular complexity index is 522. The van der Waals surface area contributed by atoms with Crippen molar-refractivity contribution in [3.63, 3.8) is 0 Å². The topological polar surface area (TPSA) is 23.1 Å². The average Bonchev–Trinajstić information content (AvgIpc) is 2.38. The Balaban J connectivity index is 2.31. The summed E-state index contributed by atoms with van der Waals surface area (Å²) in [5, 5.41) is -0.000305. The van der Waals surface area contributed by atoms with Crippen LogP contribution in [0.4, 0.5) is 4.39 Å². The van der Waals surface area contributed by atoms with Gasteiger partial charge in [0, 0.05) is 11.1 Å². The molecule has 2 unspecified atom stereocenters. The Morgan fingerprint density at radius 2 is 1.67 bits per heavy atom.